The van der Waals surface area contributed by atoms with Gasteiger partial charge in [-0.25, -0.2) is 4.98 Å². The van der Waals surface area contributed by atoms with Gasteiger partial charge in [0.15, 0.2) is 0 Å². The molecule has 1 N–H and O–H groups in total. The number of ether oxygens (including phenoxy) is 1. The summed E-state index contributed by atoms with van der Waals surface area (Å²) in [5.41, 5.74) is 5.45. The van der Waals surface area contributed by atoms with Gasteiger partial charge >= 0.3 is 0 Å². The number of unbranched alkanes of at least 4 members (excludes halogenated alkanes) is 1. The highest BCUT2D eigenvalue weighted by molar-refractivity contribution is 6.00. The molecule has 0 saturated heterocycles. The van der Waals surface area contributed by atoms with Gasteiger partial charge in [0.1, 0.15) is 23.0 Å². The summed E-state index contributed by atoms with van der Waals surface area (Å²) < 4.78 is 7.69. The molecule has 4 rings (SSSR count). The van der Waals surface area contributed by atoms with Crippen LogP contribution < -0.4 is 10.1 Å². The Morgan fingerprint density at radius 1 is 0.946 bits per heavy atom. The van der Waals surface area contributed by atoms with E-state index in [0.717, 1.165) is 53.9 Å². The molecule has 0 spiro atoms. The van der Waals surface area contributed by atoms with Crippen LogP contribution in [0.25, 0.3) is 22.6 Å². The molecule has 0 bridgehead atoms. The van der Waals surface area contributed by atoms with Crippen LogP contribution >= 0.6 is 0 Å². The fourth-order valence-corrected chi connectivity index (χ4v) is 4.83. The number of aryl methyl sites for hydroxylation is 1. The van der Waals surface area contributed by atoms with Gasteiger partial charge in [-0.15, -0.1) is 0 Å². The molecule has 3 aromatic carbocycles. The molecule has 1 aromatic heterocycles. The monoisotopic (exact) mass is 495 g/mol. The third kappa shape index (κ3) is 5.77. The maximum atomic E-state index is 14.2. The van der Waals surface area contributed by atoms with Gasteiger partial charge in [-0.05, 0) is 37.5 Å². The van der Waals surface area contributed by atoms with Crippen LogP contribution in [0.2, 0.25) is 0 Å². The predicted octanol–water partition coefficient (Wildman–Crippen LogP) is 7.47. The lowest BCUT2D eigenvalue weighted by molar-refractivity contribution is 0.0925. The van der Waals surface area contributed by atoms with Gasteiger partial charge in [-0.1, -0.05) is 93.4 Å². The molecule has 0 aliphatic heterocycles. The van der Waals surface area contributed by atoms with Crippen molar-refractivity contribution < 1.29 is 9.53 Å². The van der Waals surface area contributed by atoms with E-state index in [0.29, 0.717) is 17.9 Å². The number of hydrogen-bond donors (Lipinski definition) is 1. The number of carbonyl (C=O) groups is 1. The molecule has 0 fully saturated rings. The molecule has 4 aromatic rings. The van der Waals surface area contributed by atoms with Gasteiger partial charge in [0.25, 0.3) is 5.91 Å². The first-order valence-corrected chi connectivity index (χ1v) is 13.3. The second kappa shape index (κ2) is 12.4. The molecule has 1 heterocycles. The van der Waals surface area contributed by atoms with Crippen molar-refractivity contribution in [2.24, 2.45) is 0 Å². The summed E-state index contributed by atoms with van der Waals surface area (Å²) in [5, 5.41) is 3.36. The molecule has 1 unspecified atom stereocenters. The summed E-state index contributed by atoms with van der Waals surface area (Å²) in [5.74, 6) is 1.46. The summed E-state index contributed by atoms with van der Waals surface area (Å²) >= 11 is 0. The molecule has 0 aliphatic rings. The molecule has 0 saturated carbocycles. The topological polar surface area (TPSA) is 56.2 Å². The zero-order valence-electron chi connectivity index (χ0n) is 22.3. The molecule has 1 atom stereocenters. The lowest BCUT2D eigenvalue weighted by atomic mass is 9.99. The number of carbonyl (C=O) groups excluding carboxylic acids is 1. The molecular weight excluding hydrogens is 458 g/mol. The minimum Gasteiger partial charge on any atom is -0.496 e. The third-order valence-electron chi connectivity index (χ3n) is 6.81. The smallest absolute Gasteiger partial charge is 0.270 e. The van der Waals surface area contributed by atoms with Crippen LogP contribution in [0.1, 0.15) is 67.7 Å². The fourth-order valence-electron chi connectivity index (χ4n) is 4.83. The number of aromatic nitrogens is 2. The van der Waals surface area contributed by atoms with E-state index in [1.165, 1.54) is 5.56 Å². The second-order valence-corrected chi connectivity index (χ2v) is 9.21. The van der Waals surface area contributed by atoms with Crippen molar-refractivity contribution in [3.05, 3.63) is 95.7 Å². The second-order valence-electron chi connectivity index (χ2n) is 9.21. The van der Waals surface area contributed by atoms with E-state index >= 15 is 0 Å². The molecule has 5 nitrogen and oxygen atoms in total. The van der Waals surface area contributed by atoms with Gasteiger partial charge in [-0.2, -0.15) is 0 Å². The summed E-state index contributed by atoms with van der Waals surface area (Å²) in [7, 11) is 1.68. The molecule has 5 heteroatoms. The predicted molar refractivity (Wildman–Crippen MR) is 151 cm³/mol. The van der Waals surface area contributed by atoms with Crippen molar-refractivity contribution >= 4 is 5.91 Å². The summed E-state index contributed by atoms with van der Waals surface area (Å²) in [6, 6.07) is 26.2. The zero-order valence-corrected chi connectivity index (χ0v) is 22.3. The van der Waals surface area contributed by atoms with E-state index < -0.39 is 0 Å². The van der Waals surface area contributed by atoms with Crippen LogP contribution in [0, 0.1) is 0 Å². The van der Waals surface area contributed by atoms with E-state index in [1.807, 2.05) is 71.3 Å². The van der Waals surface area contributed by atoms with Crippen molar-refractivity contribution in [3.8, 4) is 28.4 Å². The van der Waals surface area contributed by atoms with Crippen molar-refractivity contribution in [2.45, 2.75) is 59.0 Å². The maximum Gasteiger partial charge on any atom is 0.270 e. The Labute approximate surface area is 220 Å². The molecule has 0 radical (unpaired) electrons. The normalized spacial score (nSPS) is 11.8. The van der Waals surface area contributed by atoms with Gasteiger partial charge in [0, 0.05) is 23.2 Å². The summed E-state index contributed by atoms with van der Waals surface area (Å²) in [4.78, 5) is 19.2. The van der Waals surface area contributed by atoms with E-state index in [1.54, 1.807) is 7.11 Å². The van der Waals surface area contributed by atoms with Crippen LogP contribution in [-0.4, -0.2) is 22.6 Å². The average Bonchev–Trinajstić information content (AvgIpc) is 3.35. The summed E-state index contributed by atoms with van der Waals surface area (Å²) in [6.07, 6.45) is 3.79. The summed E-state index contributed by atoms with van der Waals surface area (Å²) in [6.45, 7) is 6.99. The van der Waals surface area contributed by atoms with E-state index in [-0.39, 0.29) is 11.9 Å². The molecule has 1 amide bonds. The highest BCUT2D eigenvalue weighted by atomic mass is 16.5. The molecule has 0 aliphatic carbocycles. The number of nitrogens with zero attached hydrogens (tertiary/aromatic N) is 2. The SMILES string of the molecule is CCCCC(NC(=O)c1c(-c2cccc(CC)c2)nc(-c2ccccc2)n1CC)c1ccccc1OC. The van der Waals surface area contributed by atoms with Gasteiger partial charge in [0.05, 0.1) is 13.2 Å². The number of amides is 1. The van der Waals surface area contributed by atoms with Crippen LogP contribution in [0.4, 0.5) is 0 Å². The van der Waals surface area contributed by atoms with Gasteiger partial charge in [-0.3, -0.25) is 4.79 Å². The Kier molecular flexibility index (Phi) is 8.78. The number of para-hydroxylation sites is 1. The van der Waals surface area contributed by atoms with Crippen LogP contribution in [0.5, 0.6) is 5.75 Å². The van der Waals surface area contributed by atoms with Crippen LogP contribution in [-0.2, 0) is 13.0 Å². The van der Waals surface area contributed by atoms with Gasteiger partial charge < -0.3 is 14.6 Å². The Morgan fingerprint density at radius 2 is 1.68 bits per heavy atom. The van der Waals surface area contributed by atoms with Gasteiger partial charge in [0.2, 0.25) is 0 Å². The molecule has 192 valence electrons. The Morgan fingerprint density at radius 3 is 2.38 bits per heavy atom. The molecule has 37 heavy (non-hydrogen) atoms. The van der Waals surface area contributed by atoms with E-state index in [2.05, 4.69) is 38.2 Å². The standard InChI is InChI=1S/C32H37N3O2/c1-5-8-20-27(26-19-12-13-21-28(26)37-4)33-32(36)30-29(25-18-14-15-23(6-2)22-25)34-31(35(30)7-3)24-16-10-9-11-17-24/h9-19,21-22,27H,5-8,20H2,1-4H3,(H,33,36). The first kappa shape index (κ1) is 26.2. The van der Waals surface area contributed by atoms with Crippen molar-refractivity contribution in [3.63, 3.8) is 0 Å². The van der Waals surface area contributed by atoms with E-state index in [4.69, 9.17) is 9.72 Å². The maximum absolute atomic E-state index is 14.2. The van der Waals surface area contributed by atoms with Crippen molar-refractivity contribution in [2.75, 3.05) is 7.11 Å². The first-order chi connectivity index (χ1) is 18.1. The Hall–Kier alpha value is -3.86. The molecular formula is C32H37N3O2. The quantitative estimate of drug-likeness (QED) is 0.235. The lowest BCUT2D eigenvalue weighted by Gasteiger charge is -2.22. The van der Waals surface area contributed by atoms with Crippen molar-refractivity contribution in [1.82, 2.24) is 14.9 Å². The largest absolute Gasteiger partial charge is 0.496 e. The number of benzene rings is 3. The Balaban J connectivity index is 1.83. The number of imidazole rings is 1. The number of methoxy groups -OCH3 is 1. The lowest BCUT2D eigenvalue weighted by Crippen LogP contribution is -2.31. The van der Waals surface area contributed by atoms with Crippen molar-refractivity contribution in [1.29, 1.82) is 0 Å². The Bertz CT molecular complexity index is 1330. The fraction of sp³-hybridized carbons (Fsp3) is 0.312. The number of nitrogens with one attached hydrogen (secondary N) is 1. The van der Waals surface area contributed by atoms with Crippen LogP contribution in [0.3, 0.4) is 0 Å². The minimum absolute atomic E-state index is 0.125. The van der Waals surface area contributed by atoms with Crippen LogP contribution in [0.15, 0.2) is 78.9 Å². The minimum atomic E-state index is -0.168. The average molecular weight is 496 g/mol. The van der Waals surface area contributed by atoms with E-state index in [9.17, 15) is 4.79 Å². The number of rotatable bonds is 11. The zero-order chi connectivity index (χ0) is 26.2. The highest BCUT2D eigenvalue weighted by Gasteiger charge is 2.27. The first-order valence-electron chi connectivity index (χ1n) is 13.3. The number of hydrogen-bond acceptors (Lipinski definition) is 3. The third-order valence-corrected chi connectivity index (χ3v) is 6.81. The highest BCUT2D eigenvalue weighted by Crippen LogP contribution is 2.33.